The van der Waals surface area contributed by atoms with Crippen LogP contribution >= 0.6 is 0 Å². The Hall–Kier alpha value is -2.29. The molecule has 106 valence electrons. The molecule has 0 unspecified atom stereocenters. The number of fused-ring (bicyclic) bond motifs is 5. The minimum atomic E-state index is -0.186. The van der Waals surface area contributed by atoms with E-state index in [0.29, 0.717) is 6.61 Å². The van der Waals surface area contributed by atoms with Crippen molar-refractivity contribution in [1.82, 2.24) is 4.57 Å². The Morgan fingerprint density at radius 1 is 1.24 bits per heavy atom. The molecule has 3 nitrogen and oxygen atoms in total. The van der Waals surface area contributed by atoms with Crippen molar-refractivity contribution in [3.05, 3.63) is 47.7 Å². The van der Waals surface area contributed by atoms with Crippen LogP contribution in [0.1, 0.15) is 29.4 Å². The van der Waals surface area contributed by atoms with Gasteiger partial charge in [-0.1, -0.05) is 30.3 Å². The highest BCUT2D eigenvalue weighted by Crippen LogP contribution is 2.36. The molecule has 0 saturated heterocycles. The second-order valence-corrected chi connectivity index (χ2v) is 5.48. The molecule has 2 aromatic carbocycles. The summed E-state index contributed by atoms with van der Waals surface area (Å²) in [4.78, 5) is 12.5. The van der Waals surface area contributed by atoms with Gasteiger partial charge in [0.05, 0.1) is 12.2 Å². The fourth-order valence-electron chi connectivity index (χ4n) is 3.52. The minimum Gasteiger partial charge on any atom is -0.462 e. The van der Waals surface area contributed by atoms with Crippen LogP contribution in [0.25, 0.3) is 21.7 Å². The molecule has 0 saturated carbocycles. The maximum Gasteiger partial charge on any atom is 0.340 e. The molecule has 1 aliphatic heterocycles. The second-order valence-electron chi connectivity index (χ2n) is 5.48. The Labute approximate surface area is 123 Å². The quantitative estimate of drug-likeness (QED) is 0.666. The van der Waals surface area contributed by atoms with E-state index in [1.165, 1.54) is 5.39 Å². The summed E-state index contributed by atoms with van der Waals surface area (Å²) in [5.74, 6) is -0.186. The molecule has 0 fully saturated rings. The normalized spacial score (nSPS) is 13.8. The van der Waals surface area contributed by atoms with Crippen LogP contribution < -0.4 is 0 Å². The number of esters is 1. The van der Waals surface area contributed by atoms with Crippen molar-refractivity contribution < 1.29 is 9.53 Å². The SMILES string of the molecule is CCOC(=O)c1c2n(c3ccc4ccccc4c13)CCC2. The largest absolute Gasteiger partial charge is 0.462 e. The number of hydrogen-bond acceptors (Lipinski definition) is 2. The Morgan fingerprint density at radius 2 is 2.10 bits per heavy atom. The van der Waals surface area contributed by atoms with E-state index in [1.807, 2.05) is 19.1 Å². The molecule has 0 amide bonds. The third-order valence-electron chi connectivity index (χ3n) is 4.34. The fourth-order valence-corrected chi connectivity index (χ4v) is 3.52. The maximum absolute atomic E-state index is 12.5. The minimum absolute atomic E-state index is 0.186. The lowest BCUT2D eigenvalue weighted by atomic mass is 10.0. The molecule has 3 heteroatoms. The topological polar surface area (TPSA) is 31.2 Å². The van der Waals surface area contributed by atoms with Crippen LogP contribution in [0, 0.1) is 0 Å². The number of aromatic nitrogens is 1. The molecule has 1 aliphatic rings. The first kappa shape index (κ1) is 12.5. The van der Waals surface area contributed by atoms with Crippen molar-refractivity contribution in [3.63, 3.8) is 0 Å². The molecule has 0 N–H and O–H groups in total. The number of carbonyl (C=O) groups is 1. The summed E-state index contributed by atoms with van der Waals surface area (Å²) in [6.45, 7) is 3.26. The summed E-state index contributed by atoms with van der Waals surface area (Å²) in [6, 6.07) is 12.5. The predicted octanol–water partition coefficient (Wildman–Crippen LogP) is 3.92. The van der Waals surface area contributed by atoms with Gasteiger partial charge in [0.25, 0.3) is 0 Å². The second kappa shape index (κ2) is 4.62. The van der Waals surface area contributed by atoms with Gasteiger partial charge in [0, 0.05) is 23.1 Å². The number of carbonyl (C=O) groups excluding carboxylic acids is 1. The molecule has 0 atom stereocenters. The lowest BCUT2D eigenvalue weighted by Gasteiger charge is -2.05. The standard InChI is InChI=1S/C18H17NO2/c1-2-21-18(20)17-14-8-5-11-19(14)15-10-9-12-6-3-4-7-13(12)16(15)17/h3-4,6-7,9-10H,2,5,8,11H2,1H3. The van der Waals surface area contributed by atoms with E-state index in [4.69, 9.17) is 4.74 Å². The zero-order chi connectivity index (χ0) is 14.4. The van der Waals surface area contributed by atoms with E-state index in [-0.39, 0.29) is 5.97 Å². The summed E-state index contributed by atoms with van der Waals surface area (Å²) in [7, 11) is 0. The first-order valence-corrected chi connectivity index (χ1v) is 7.51. The molecular formula is C18H17NO2. The first-order valence-electron chi connectivity index (χ1n) is 7.51. The lowest BCUT2D eigenvalue weighted by molar-refractivity contribution is 0.0527. The van der Waals surface area contributed by atoms with Crippen molar-refractivity contribution >= 4 is 27.6 Å². The maximum atomic E-state index is 12.5. The Bertz CT molecular complexity index is 860. The molecule has 0 bridgehead atoms. The summed E-state index contributed by atoms with van der Waals surface area (Å²) >= 11 is 0. The van der Waals surface area contributed by atoms with Gasteiger partial charge in [-0.05, 0) is 36.6 Å². The molecule has 0 aliphatic carbocycles. The van der Waals surface area contributed by atoms with Crippen LogP contribution in [0.5, 0.6) is 0 Å². The molecular weight excluding hydrogens is 262 g/mol. The zero-order valence-corrected chi connectivity index (χ0v) is 12.1. The highest BCUT2D eigenvalue weighted by Gasteiger charge is 2.27. The zero-order valence-electron chi connectivity index (χ0n) is 12.1. The van der Waals surface area contributed by atoms with Crippen LogP contribution in [-0.4, -0.2) is 17.1 Å². The Kier molecular flexibility index (Phi) is 2.74. The van der Waals surface area contributed by atoms with Gasteiger partial charge in [0.2, 0.25) is 0 Å². The number of ether oxygens (including phenoxy) is 1. The van der Waals surface area contributed by atoms with Gasteiger partial charge in [-0.25, -0.2) is 4.79 Å². The summed E-state index contributed by atoms with van der Waals surface area (Å²) in [5.41, 5.74) is 3.07. The number of rotatable bonds is 2. The van der Waals surface area contributed by atoms with Crippen LogP contribution in [0.3, 0.4) is 0 Å². The van der Waals surface area contributed by atoms with Crippen LogP contribution in [0.15, 0.2) is 36.4 Å². The monoisotopic (exact) mass is 279 g/mol. The predicted molar refractivity (Wildman–Crippen MR) is 83.7 cm³/mol. The fraction of sp³-hybridized carbons (Fsp3) is 0.278. The molecule has 21 heavy (non-hydrogen) atoms. The van der Waals surface area contributed by atoms with Crippen molar-refractivity contribution in [2.24, 2.45) is 0 Å². The van der Waals surface area contributed by atoms with E-state index in [9.17, 15) is 4.79 Å². The van der Waals surface area contributed by atoms with Gasteiger partial charge < -0.3 is 9.30 Å². The van der Waals surface area contributed by atoms with Crippen LogP contribution in [0.4, 0.5) is 0 Å². The Balaban J connectivity index is 2.14. The van der Waals surface area contributed by atoms with E-state index in [1.54, 1.807) is 0 Å². The highest BCUT2D eigenvalue weighted by molar-refractivity contribution is 6.17. The average molecular weight is 279 g/mol. The number of benzene rings is 2. The van der Waals surface area contributed by atoms with Crippen LogP contribution in [0.2, 0.25) is 0 Å². The van der Waals surface area contributed by atoms with Gasteiger partial charge >= 0.3 is 5.97 Å². The summed E-state index contributed by atoms with van der Waals surface area (Å²) < 4.78 is 7.60. The molecule has 1 aromatic heterocycles. The third-order valence-corrected chi connectivity index (χ3v) is 4.34. The van der Waals surface area contributed by atoms with Gasteiger partial charge in [-0.2, -0.15) is 0 Å². The number of hydrogen-bond donors (Lipinski definition) is 0. The van der Waals surface area contributed by atoms with Gasteiger partial charge in [-0.3, -0.25) is 0 Å². The van der Waals surface area contributed by atoms with Crippen LogP contribution in [-0.2, 0) is 17.7 Å². The van der Waals surface area contributed by atoms with Crippen molar-refractivity contribution in [2.75, 3.05) is 6.61 Å². The third kappa shape index (κ3) is 1.70. The lowest BCUT2D eigenvalue weighted by Crippen LogP contribution is -2.07. The number of aryl methyl sites for hydroxylation is 1. The van der Waals surface area contributed by atoms with Crippen molar-refractivity contribution in [3.8, 4) is 0 Å². The number of nitrogens with zero attached hydrogens (tertiary/aromatic N) is 1. The van der Waals surface area contributed by atoms with E-state index in [0.717, 1.165) is 46.9 Å². The average Bonchev–Trinajstić information content (AvgIpc) is 3.07. The highest BCUT2D eigenvalue weighted by atomic mass is 16.5. The summed E-state index contributed by atoms with van der Waals surface area (Å²) in [5, 5.41) is 3.36. The van der Waals surface area contributed by atoms with Gasteiger partial charge in [-0.15, -0.1) is 0 Å². The van der Waals surface area contributed by atoms with Gasteiger partial charge in [0.15, 0.2) is 0 Å². The first-order chi connectivity index (χ1) is 10.3. The smallest absolute Gasteiger partial charge is 0.340 e. The van der Waals surface area contributed by atoms with Crippen molar-refractivity contribution in [2.45, 2.75) is 26.3 Å². The van der Waals surface area contributed by atoms with Crippen molar-refractivity contribution in [1.29, 1.82) is 0 Å². The van der Waals surface area contributed by atoms with Gasteiger partial charge in [0.1, 0.15) is 0 Å². The molecule has 2 heterocycles. The molecule has 4 rings (SSSR count). The molecule has 0 spiro atoms. The Morgan fingerprint density at radius 3 is 2.95 bits per heavy atom. The summed E-state index contributed by atoms with van der Waals surface area (Å²) in [6.07, 6.45) is 2.06. The molecule has 3 aromatic rings. The van der Waals surface area contributed by atoms with E-state index in [2.05, 4.69) is 28.8 Å². The molecule has 0 radical (unpaired) electrons. The van der Waals surface area contributed by atoms with E-state index >= 15 is 0 Å². The van der Waals surface area contributed by atoms with E-state index < -0.39 is 0 Å².